The first kappa shape index (κ1) is 23.5. The van der Waals surface area contributed by atoms with Gasteiger partial charge in [-0.05, 0) is 52.7 Å². The van der Waals surface area contributed by atoms with Gasteiger partial charge in [-0.2, -0.15) is 0 Å². The third kappa shape index (κ3) is 3.85. The van der Waals surface area contributed by atoms with Crippen LogP contribution in [0.5, 0.6) is 11.5 Å². The molecule has 0 spiro atoms. The summed E-state index contributed by atoms with van der Waals surface area (Å²) in [6.45, 7) is 0. The zero-order chi connectivity index (χ0) is 25.4. The number of carbonyl (C=O) groups is 2. The number of aliphatic hydroxyl groups excluding tert-OH is 1. The number of ketones is 1. The number of Topliss-reactive ketones (excluding diaryl/α,β-unsaturated/α-hetero) is 1. The molecule has 0 aliphatic carbocycles. The molecule has 5 rings (SSSR count). The Morgan fingerprint density at radius 1 is 0.861 bits per heavy atom. The second kappa shape index (κ2) is 9.40. The van der Waals surface area contributed by atoms with Crippen LogP contribution in [0.25, 0.3) is 16.5 Å². The molecule has 0 radical (unpaired) electrons. The molecule has 6 nitrogen and oxygen atoms in total. The number of ether oxygens (including phenoxy) is 2. The number of carbonyl (C=O) groups excluding carboxylic acids is 2. The van der Waals surface area contributed by atoms with E-state index in [1.165, 1.54) is 19.1 Å². The summed E-state index contributed by atoms with van der Waals surface area (Å²) in [6.07, 6.45) is 0. The lowest BCUT2D eigenvalue weighted by molar-refractivity contribution is -0.132. The Hall–Kier alpha value is -4.29. The molecule has 180 valence electrons. The lowest BCUT2D eigenvalue weighted by Crippen LogP contribution is -2.29. The van der Waals surface area contributed by atoms with Gasteiger partial charge in [0.1, 0.15) is 5.76 Å². The van der Waals surface area contributed by atoms with Crippen LogP contribution in [0.15, 0.2) is 90.5 Å². The molecule has 1 saturated heterocycles. The van der Waals surface area contributed by atoms with Crippen LogP contribution in [-0.4, -0.2) is 31.0 Å². The maximum Gasteiger partial charge on any atom is 0.300 e. The summed E-state index contributed by atoms with van der Waals surface area (Å²) in [5.74, 6) is -0.999. The molecule has 0 aromatic heterocycles. The van der Waals surface area contributed by atoms with Gasteiger partial charge >= 0.3 is 0 Å². The average Bonchev–Trinajstić information content (AvgIpc) is 3.17. The number of rotatable bonds is 5. The summed E-state index contributed by atoms with van der Waals surface area (Å²) in [5.41, 5.74) is 1.45. The van der Waals surface area contributed by atoms with Gasteiger partial charge in [0, 0.05) is 16.3 Å². The number of nitrogens with zero attached hydrogens (tertiary/aromatic N) is 1. The van der Waals surface area contributed by atoms with E-state index >= 15 is 0 Å². The van der Waals surface area contributed by atoms with Gasteiger partial charge in [0.25, 0.3) is 11.7 Å². The molecule has 1 unspecified atom stereocenters. The highest BCUT2D eigenvalue weighted by atomic mass is 35.5. The molecule has 1 amide bonds. The van der Waals surface area contributed by atoms with Crippen LogP contribution in [0.3, 0.4) is 0 Å². The number of hydrogen-bond acceptors (Lipinski definition) is 5. The minimum Gasteiger partial charge on any atom is -0.507 e. The van der Waals surface area contributed by atoms with Crippen LogP contribution in [0.4, 0.5) is 5.69 Å². The van der Waals surface area contributed by atoms with Gasteiger partial charge in [0.15, 0.2) is 11.5 Å². The fraction of sp³-hybridized carbons (Fsp3) is 0.103. The largest absolute Gasteiger partial charge is 0.507 e. The fourth-order valence-corrected chi connectivity index (χ4v) is 4.83. The van der Waals surface area contributed by atoms with Crippen LogP contribution in [0.2, 0.25) is 5.02 Å². The smallest absolute Gasteiger partial charge is 0.300 e. The molecule has 1 atom stereocenters. The Labute approximate surface area is 212 Å². The molecule has 36 heavy (non-hydrogen) atoms. The first-order valence-corrected chi connectivity index (χ1v) is 11.6. The van der Waals surface area contributed by atoms with Crippen molar-refractivity contribution < 1.29 is 24.2 Å². The first-order valence-electron chi connectivity index (χ1n) is 11.2. The Morgan fingerprint density at radius 2 is 1.58 bits per heavy atom. The van der Waals surface area contributed by atoms with E-state index in [9.17, 15) is 14.7 Å². The van der Waals surface area contributed by atoms with E-state index in [4.69, 9.17) is 21.1 Å². The minimum absolute atomic E-state index is 0.0245. The molecule has 1 N–H and O–H groups in total. The van der Waals surface area contributed by atoms with Crippen molar-refractivity contribution in [2.45, 2.75) is 6.04 Å². The summed E-state index contributed by atoms with van der Waals surface area (Å²) in [7, 11) is 2.99. The lowest BCUT2D eigenvalue weighted by atomic mass is 9.91. The number of benzene rings is 4. The molecule has 1 fully saturated rings. The summed E-state index contributed by atoms with van der Waals surface area (Å²) < 4.78 is 10.7. The van der Waals surface area contributed by atoms with Crippen molar-refractivity contribution in [3.8, 4) is 11.5 Å². The highest BCUT2D eigenvalue weighted by Crippen LogP contribution is 2.45. The second-order valence-corrected chi connectivity index (χ2v) is 8.72. The Kier molecular flexibility index (Phi) is 6.12. The van der Waals surface area contributed by atoms with Crippen molar-refractivity contribution in [3.05, 3.63) is 107 Å². The molecule has 1 heterocycles. The van der Waals surface area contributed by atoms with E-state index in [-0.39, 0.29) is 11.3 Å². The third-order valence-corrected chi connectivity index (χ3v) is 6.54. The van der Waals surface area contributed by atoms with Crippen molar-refractivity contribution in [1.29, 1.82) is 0 Å². The van der Waals surface area contributed by atoms with Crippen LogP contribution >= 0.6 is 11.6 Å². The monoisotopic (exact) mass is 499 g/mol. The van der Waals surface area contributed by atoms with Crippen molar-refractivity contribution in [2.75, 3.05) is 19.1 Å². The Balaban J connectivity index is 1.80. The molecule has 0 bridgehead atoms. The van der Waals surface area contributed by atoms with E-state index < -0.39 is 17.7 Å². The number of fused-ring (bicyclic) bond motifs is 1. The van der Waals surface area contributed by atoms with Gasteiger partial charge in [-0.15, -0.1) is 0 Å². The summed E-state index contributed by atoms with van der Waals surface area (Å²) in [5, 5.41) is 13.7. The van der Waals surface area contributed by atoms with E-state index in [1.54, 1.807) is 42.5 Å². The van der Waals surface area contributed by atoms with Crippen LogP contribution in [-0.2, 0) is 9.59 Å². The predicted octanol–water partition coefficient (Wildman–Crippen LogP) is 6.14. The van der Waals surface area contributed by atoms with Gasteiger partial charge < -0.3 is 14.6 Å². The number of hydrogen-bond donors (Lipinski definition) is 1. The molecule has 4 aromatic rings. The highest BCUT2D eigenvalue weighted by Gasteiger charge is 2.47. The molecule has 7 heteroatoms. The number of amides is 1. The number of halogens is 1. The normalized spacial score (nSPS) is 17.0. The first-order chi connectivity index (χ1) is 17.4. The van der Waals surface area contributed by atoms with E-state index in [0.29, 0.717) is 33.3 Å². The zero-order valence-electron chi connectivity index (χ0n) is 19.6. The lowest BCUT2D eigenvalue weighted by Gasteiger charge is -2.26. The van der Waals surface area contributed by atoms with Crippen molar-refractivity contribution in [1.82, 2.24) is 0 Å². The van der Waals surface area contributed by atoms with Crippen molar-refractivity contribution in [2.24, 2.45) is 0 Å². The SMILES string of the molecule is COc1ccc(/C(O)=C2/C(=O)C(=O)N(c3cccc(Cl)c3)C2c2cccc3ccccc23)cc1OC. The number of methoxy groups -OCH3 is 2. The predicted molar refractivity (Wildman–Crippen MR) is 140 cm³/mol. The van der Waals surface area contributed by atoms with Crippen LogP contribution in [0, 0.1) is 0 Å². The molecular weight excluding hydrogens is 478 g/mol. The van der Waals surface area contributed by atoms with Crippen LogP contribution in [0.1, 0.15) is 17.2 Å². The number of anilines is 1. The zero-order valence-corrected chi connectivity index (χ0v) is 20.3. The van der Waals surface area contributed by atoms with E-state index in [2.05, 4.69) is 0 Å². The summed E-state index contributed by atoms with van der Waals surface area (Å²) >= 11 is 6.24. The second-order valence-electron chi connectivity index (χ2n) is 8.29. The summed E-state index contributed by atoms with van der Waals surface area (Å²) in [4.78, 5) is 28.3. The van der Waals surface area contributed by atoms with Gasteiger partial charge in [0.2, 0.25) is 0 Å². The Morgan fingerprint density at radius 3 is 2.33 bits per heavy atom. The minimum atomic E-state index is -0.886. The number of aliphatic hydroxyl groups is 1. The fourth-order valence-electron chi connectivity index (χ4n) is 4.65. The standard InChI is InChI=1S/C29H22ClNO5/c1-35-23-14-13-18(15-24(23)36-2)27(32)25-26(22-12-5-8-17-7-3-4-11-21(17)22)31(29(34)28(25)33)20-10-6-9-19(30)16-20/h3-16,26,32H,1-2H3/b27-25-. The topological polar surface area (TPSA) is 76.1 Å². The molecule has 4 aromatic carbocycles. The van der Waals surface area contributed by atoms with Crippen molar-refractivity contribution in [3.63, 3.8) is 0 Å². The van der Waals surface area contributed by atoms with Crippen LogP contribution < -0.4 is 14.4 Å². The average molecular weight is 500 g/mol. The molecule has 1 aliphatic heterocycles. The molecule has 0 saturated carbocycles. The van der Waals surface area contributed by atoms with E-state index in [1.807, 2.05) is 42.5 Å². The summed E-state index contributed by atoms with van der Waals surface area (Å²) in [6, 6.07) is 24.1. The molecular formula is C29H22ClNO5. The quantitative estimate of drug-likeness (QED) is 0.203. The Bertz CT molecular complexity index is 1540. The third-order valence-electron chi connectivity index (χ3n) is 6.31. The maximum atomic E-state index is 13.5. The van der Waals surface area contributed by atoms with Gasteiger partial charge in [-0.3, -0.25) is 14.5 Å². The van der Waals surface area contributed by atoms with E-state index in [0.717, 1.165) is 10.8 Å². The highest BCUT2D eigenvalue weighted by molar-refractivity contribution is 6.52. The van der Waals surface area contributed by atoms with Gasteiger partial charge in [-0.25, -0.2) is 0 Å². The van der Waals surface area contributed by atoms with Gasteiger partial charge in [-0.1, -0.05) is 60.1 Å². The van der Waals surface area contributed by atoms with Gasteiger partial charge in [0.05, 0.1) is 25.8 Å². The molecule has 1 aliphatic rings. The maximum absolute atomic E-state index is 13.5. The van der Waals surface area contributed by atoms with Crippen molar-refractivity contribution >= 4 is 45.5 Å².